The lowest BCUT2D eigenvalue weighted by Gasteiger charge is -2.41. The molecule has 1 amide bonds. The van der Waals surface area contributed by atoms with Crippen LogP contribution in [-0.4, -0.2) is 45.9 Å². The highest BCUT2D eigenvalue weighted by Crippen LogP contribution is 2.38. The minimum absolute atomic E-state index is 0.00277. The van der Waals surface area contributed by atoms with Crippen LogP contribution in [0.5, 0.6) is 11.5 Å². The maximum atomic E-state index is 13.4. The Bertz CT molecular complexity index is 1070. The molecule has 0 bridgehead atoms. The number of piperidine rings is 1. The van der Waals surface area contributed by atoms with E-state index in [1.54, 1.807) is 0 Å². The minimum Gasteiger partial charge on any atom is -0.454 e. The molecule has 0 saturated carbocycles. The molecule has 30 heavy (non-hydrogen) atoms. The number of nitrogens with one attached hydrogen (secondary N) is 1. The van der Waals surface area contributed by atoms with Crippen molar-refractivity contribution in [1.29, 1.82) is 0 Å². The molecule has 3 heterocycles. The van der Waals surface area contributed by atoms with Gasteiger partial charge in [-0.2, -0.15) is 5.10 Å². The molecule has 7 nitrogen and oxygen atoms in total. The van der Waals surface area contributed by atoms with E-state index in [2.05, 4.69) is 34.2 Å². The monoisotopic (exact) mass is 404 g/mol. The molecular formula is C23H24N4O3. The molecule has 7 heteroatoms. The highest BCUT2D eigenvalue weighted by Gasteiger charge is 2.34. The molecule has 0 spiro atoms. The van der Waals surface area contributed by atoms with Crippen molar-refractivity contribution in [3.8, 4) is 22.9 Å². The van der Waals surface area contributed by atoms with Gasteiger partial charge in [-0.05, 0) is 48.4 Å². The lowest BCUT2D eigenvalue weighted by molar-refractivity contribution is 0.0551. The molecule has 3 aromatic rings. The van der Waals surface area contributed by atoms with Crippen molar-refractivity contribution in [2.45, 2.75) is 26.2 Å². The highest BCUT2D eigenvalue weighted by molar-refractivity contribution is 6.00. The van der Waals surface area contributed by atoms with Crippen LogP contribution in [0.4, 0.5) is 0 Å². The van der Waals surface area contributed by atoms with Crippen molar-refractivity contribution >= 4 is 5.91 Å². The number of hydrogen-bond acceptors (Lipinski definition) is 5. The number of aromatic amines is 1. The van der Waals surface area contributed by atoms with Crippen molar-refractivity contribution in [1.82, 2.24) is 20.1 Å². The van der Waals surface area contributed by atoms with E-state index < -0.39 is 0 Å². The number of nitrogens with zero attached hydrogens (tertiary/aromatic N) is 3. The smallest absolute Gasteiger partial charge is 0.254 e. The van der Waals surface area contributed by atoms with Gasteiger partial charge in [-0.15, -0.1) is 0 Å². The number of carbonyl (C=O) groups is 1. The molecule has 5 rings (SSSR count). The standard InChI is InChI=1S/C23H24N4O3/c1-23(12-16-7-8-19-20(11-16)30-15-29-19)9-4-10-27(13-23)22(28)18-6-3-2-5-17(18)21-24-14-25-26-21/h2-3,5-8,11,14H,4,9-10,12-13,15H2,1H3,(H,24,25,26)/t23-/m0/s1. The fraction of sp³-hybridized carbons (Fsp3) is 0.348. The summed E-state index contributed by atoms with van der Waals surface area (Å²) in [6, 6.07) is 13.7. The Kier molecular flexibility index (Phi) is 4.65. The Morgan fingerprint density at radius 1 is 1.20 bits per heavy atom. The number of likely N-dealkylation sites (tertiary alicyclic amines) is 1. The topological polar surface area (TPSA) is 80.3 Å². The maximum absolute atomic E-state index is 13.4. The van der Waals surface area contributed by atoms with E-state index in [9.17, 15) is 4.79 Å². The quantitative estimate of drug-likeness (QED) is 0.717. The Morgan fingerprint density at radius 3 is 2.93 bits per heavy atom. The summed E-state index contributed by atoms with van der Waals surface area (Å²) in [5.74, 6) is 2.26. The highest BCUT2D eigenvalue weighted by atomic mass is 16.7. The van der Waals surface area contributed by atoms with Crippen LogP contribution in [0.3, 0.4) is 0 Å². The summed E-state index contributed by atoms with van der Waals surface area (Å²) in [6.07, 6.45) is 4.41. The first-order valence-corrected chi connectivity index (χ1v) is 10.2. The molecule has 1 N–H and O–H groups in total. The van der Waals surface area contributed by atoms with Crippen molar-refractivity contribution < 1.29 is 14.3 Å². The fourth-order valence-electron chi connectivity index (χ4n) is 4.56. The normalized spacial score (nSPS) is 20.4. The number of amides is 1. The van der Waals surface area contributed by atoms with Crippen LogP contribution >= 0.6 is 0 Å². The zero-order valence-electron chi connectivity index (χ0n) is 16.9. The average molecular weight is 404 g/mol. The predicted molar refractivity (Wildman–Crippen MR) is 111 cm³/mol. The van der Waals surface area contributed by atoms with Gasteiger partial charge in [0.05, 0.1) is 5.56 Å². The molecule has 2 aliphatic heterocycles. The van der Waals surface area contributed by atoms with Crippen molar-refractivity contribution in [2.75, 3.05) is 19.9 Å². The number of benzene rings is 2. The lowest BCUT2D eigenvalue weighted by Crippen LogP contribution is -2.45. The maximum Gasteiger partial charge on any atom is 0.254 e. The number of hydrogen-bond donors (Lipinski definition) is 1. The molecule has 2 aliphatic rings. The second kappa shape index (κ2) is 7.48. The first kappa shape index (κ1) is 18.7. The van der Waals surface area contributed by atoms with Crippen LogP contribution in [0.1, 0.15) is 35.7 Å². The van der Waals surface area contributed by atoms with Gasteiger partial charge in [0.15, 0.2) is 17.3 Å². The van der Waals surface area contributed by atoms with Gasteiger partial charge < -0.3 is 14.4 Å². The second-order valence-corrected chi connectivity index (χ2v) is 8.38. The van der Waals surface area contributed by atoms with Crippen molar-refractivity contribution in [2.24, 2.45) is 5.41 Å². The van der Waals surface area contributed by atoms with Crippen LogP contribution in [-0.2, 0) is 6.42 Å². The summed E-state index contributed by atoms with van der Waals surface area (Å²) < 4.78 is 10.9. The van der Waals surface area contributed by atoms with Crippen LogP contribution in [0.25, 0.3) is 11.4 Å². The number of fused-ring (bicyclic) bond motifs is 1. The van der Waals surface area contributed by atoms with Gasteiger partial charge in [0.2, 0.25) is 6.79 Å². The van der Waals surface area contributed by atoms with E-state index in [0.717, 1.165) is 42.9 Å². The van der Waals surface area contributed by atoms with Crippen LogP contribution < -0.4 is 9.47 Å². The third-order valence-electron chi connectivity index (χ3n) is 5.96. The van der Waals surface area contributed by atoms with Crippen LogP contribution in [0, 0.1) is 5.41 Å². The van der Waals surface area contributed by atoms with E-state index in [-0.39, 0.29) is 18.1 Å². The zero-order chi connectivity index (χ0) is 20.6. The SMILES string of the molecule is C[C@@]1(Cc2ccc3c(c2)OCO3)CCCN(C(=O)c2ccccc2-c2ncn[nH]2)C1. The van der Waals surface area contributed by atoms with Crippen LogP contribution in [0.15, 0.2) is 48.8 Å². The van der Waals surface area contributed by atoms with E-state index in [4.69, 9.17) is 9.47 Å². The third-order valence-corrected chi connectivity index (χ3v) is 5.96. The van der Waals surface area contributed by atoms with Crippen LogP contribution in [0.2, 0.25) is 0 Å². The van der Waals surface area contributed by atoms with Gasteiger partial charge >= 0.3 is 0 Å². The summed E-state index contributed by atoms with van der Waals surface area (Å²) in [5, 5.41) is 6.79. The average Bonchev–Trinajstić information content (AvgIpc) is 3.45. The van der Waals surface area contributed by atoms with E-state index in [0.29, 0.717) is 17.9 Å². The molecule has 1 saturated heterocycles. The number of carbonyl (C=O) groups excluding carboxylic acids is 1. The van der Waals surface area contributed by atoms with Gasteiger partial charge in [-0.1, -0.05) is 31.2 Å². The Balaban J connectivity index is 1.36. The summed E-state index contributed by atoms with van der Waals surface area (Å²) in [5.41, 5.74) is 2.64. The Labute approximate surface area is 175 Å². The summed E-state index contributed by atoms with van der Waals surface area (Å²) in [7, 11) is 0. The molecule has 0 unspecified atom stereocenters. The summed E-state index contributed by atoms with van der Waals surface area (Å²) >= 11 is 0. The number of H-pyrrole nitrogens is 1. The summed E-state index contributed by atoms with van der Waals surface area (Å²) in [4.78, 5) is 19.6. The fourth-order valence-corrected chi connectivity index (χ4v) is 4.56. The summed E-state index contributed by atoms with van der Waals surface area (Å²) in [6.45, 7) is 4.02. The molecule has 0 aliphatic carbocycles. The number of rotatable bonds is 4. The van der Waals surface area contributed by atoms with Gasteiger partial charge in [0, 0.05) is 18.7 Å². The number of ether oxygens (including phenoxy) is 2. The first-order chi connectivity index (χ1) is 14.6. The van der Waals surface area contributed by atoms with Gasteiger partial charge in [0.25, 0.3) is 5.91 Å². The Morgan fingerprint density at radius 2 is 2.07 bits per heavy atom. The van der Waals surface area contributed by atoms with E-state index >= 15 is 0 Å². The van der Waals surface area contributed by atoms with Crippen molar-refractivity contribution in [3.05, 3.63) is 59.9 Å². The predicted octanol–water partition coefficient (Wildman–Crippen LogP) is 3.69. The van der Waals surface area contributed by atoms with E-state index in [1.165, 1.54) is 11.9 Å². The lowest BCUT2D eigenvalue weighted by atomic mass is 9.76. The number of aromatic nitrogens is 3. The second-order valence-electron chi connectivity index (χ2n) is 8.38. The third kappa shape index (κ3) is 3.51. The van der Waals surface area contributed by atoms with Crippen molar-refractivity contribution in [3.63, 3.8) is 0 Å². The molecule has 1 fully saturated rings. The molecule has 1 atom stereocenters. The Hall–Kier alpha value is -3.35. The molecule has 0 radical (unpaired) electrons. The van der Waals surface area contributed by atoms with Gasteiger partial charge in [-0.3, -0.25) is 9.89 Å². The minimum atomic E-state index is 0.00277. The van der Waals surface area contributed by atoms with Gasteiger partial charge in [0.1, 0.15) is 6.33 Å². The molecule has 2 aromatic carbocycles. The van der Waals surface area contributed by atoms with Gasteiger partial charge in [-0.25, -0.2) is 4.98 Å². The van der Waals surface area contributed by atoms with E-state index in [1.807, 2.05) is 35.2 Å². The largest absolute Gasteiger partial charge is 0.454 e. The molecular weight excluding hydrogens is 380 g/mol. The zero-order valence-corrected chi connectivity index (χ0v) is 16.9. The molecule has 154 valence electrons. The molecule has 1 aromatic heterocycles. The first-order valence-electron chi connectivity index (χ1n) is 10.2.